The number of aliphatic carboxylic acids is 1. The highest BCUT2D eigenvalue weighted by atomic mass is 32.2. The minimum atomic E-state index is -4.16. The van der Waals surface area contributed by atoms with Crippen molar-refractivity contribution >= 4 is 22.0 Å². The van der Waals surface area contributed by atoms with Crippen molar-refractivity contribution in [2.75, 3.05) is 6.61 Å². The number of carboxylic acid groups (broad SMARTS) is 1. The Bertz CT molecular complexity index is 656. The number of esters is 1. The van der Waals surface area contributed by atoms with E-state index in [0.717, 1.165) is 6.42 Å². The summed E-state index contributed by atoms with van der Waals surface area (Å²) in [6, 6.07) is 4.30. The van der Waals surface area contributed by atoms with Crippen LogP contribution < -0.4 is 4.72 Å². The van der Waals surface area contributed by atoms with Gasteiger partial charge in [0.05, 0.1) is 17.1 Å². The normalized spacial score (nSPS) is 12.6. The van der Waals surface area contributed by atoms with Crippen molar-refractivity contribution in [3.63, 3.8) is 0 Å². The van der Waals surface area contributed by atoms with Gasteiger partial charge in [-0.3, -0.25) is 4.79 Å². The molecule has 23 heavy (non-hydrogen) atoms. The first kappa shape index (κ1) is 19.1. The van der Waals surface area contributed by atoms with Crippen molar-refractivity contribution in [1.82, 2.24) is 4.72 Å². The van der Waals surface area contributed by atoms with E-state index in [2.05, 4.69) is 4.72 Å². The number of sulfonamides is 1. The van der Waals surface area contributed by atoms with Gasteiger partial charge in [0.25, 0.3) is 0 Å². The molecular weight excluding hydrogens is 322 g/mol. The SMILES string of the molecule is CCCC[C@H](NS(=O)(=O)c1ccccc1C(=O)OCC)C(=O)O. The number of hydrogen-bond donors (Lipinski definition) is 2. The molecule has 0 radical (unpaired) electrons. The van der Waals surface area contributed by atoms with Crippen LogP contribution >= 0.6 is 0 Å². The topological polar surface area (TPSA) is 110 Å². The summed E-state index contributed by atoms with van der Waals surface area (Å²) < 4.78 is 31.9. The van der Waals surface area contributed by atoms with Gasteiger partial charge >= 0.3 is 11.9 Å². The van der Waals surface area contributed by atoms with Crippen LogP contribution in [0.15, 0.2) is 29.2 Å². The molecule has 0 aliphatic carbocycles. The molecule has 1 rings (SSSR count). The predicted molar refractivity (Wildman–Crippen MR) is 83.7 cm³/mol. The maximum atomic E-state index is 12.5. The molecule has 0 spiro atoms. The number of rotatable bonds is 9. The van der Waals surface area contributed by atoms with Crippen molar-refractivity contribution in [3.05, 3.63) is 29.8 Å². The van der Waals surface area contributed by atoms with Gasteiger partial charge < -0.3 is 9.84 Å². The Morgan fingerprint density at radius 2 is 1.91 bits per heavy atom. The van der Waals surface area contributed by atoms with Gasteiger partial charge in [0, 0.05) is 0 Å². The molecule has 0 aliphatic rings. The van der Waals surface area contributed by atoms with Crippen LogP contribution in [0.2, 0.25) is 0 Å². The van der Waals surface area contributed by atoms with Crippen LogP contribution in [0.3, 0.4) is 0 Å². The smallest absolute Gasteiger partial charge is 0.339 e. The second kappa shape index (κ2) is 8.64. The lowest BCUT2D eigenvalue weighted by Gasteiger charge is -2.16. The first-order valence-corrected chi connectivity index (χ1v) is 8.83. The number of carbonyl (C=O) groups excluding carboxylic acids is 1. The van der Waals surface area contributed by atoms with Crippen molar-refractivity contribution in [1.29, 1.82) is 0 Å². The Morgan fingerprint density at radius 3 is 2.48 bits per heavy atom. The van der Waals surface area contributed by atoms with E-state index >= 15 is 0 Å². The third-order valence-electron chi connectivity index (χ3n) is 3.11. The highest BCUT2D eigenvalue weighted by Crippen LogP contribution is 2.18. The highest BCUT2D eigenvalue weighted by Gasteiger charge is 2.28. The lowest BCUT2D eigenvalue weighted by molar-refractivity contribution is -0.139. The molecule has 0 amide bonds. The maximum absolute atomic E-state index is 12.5. The molecule has 0 unspecified atom stereocenters. The highest BCUT2D eigenvalue weighted by molar-refractivity contribution is 7.89. The third-order valence-corrected chi connectivity index (χ3v) is 4.64. The molecule has 1 aromatic carbocycles. The number of benzene rings is 1. The number of ether oxygens (including phenoxy) is 1. The van der Waals surface area contributed by atoms with Crippen LogP contribution in [0.1, 0.15) is 43.5 Å². The van der Waals surface area contributed by atoms with Crippen LogP contribution in [0.4, 0.5) is 0 Å². The van der Waals surface area contributed by atoms with E-state index in [4.69, 9.17) is 9.84 Å². The van der Waals surface area contributed by atoms with E-state index in [1.807, 2.05) is 6.92 Å². The molecular formula is C15H21NO6S. The lowest BCUT2D eigenvalue weighted by Crippen LogP contribution is -2.41. The molecule has 0 aromatic heterocycles. The first-order valence-electron chi connectivity index (χ1n) is 7.34. The first-order chi connectivity index (χ1) is 10.8. The van der Waals surface area contributed by atoms with Gasteiger partial charge in [-0.2, -0.15) is 4.72 Å². The summed E-state index contributed by atoms with van der Waals surface area (Å²) >= 11 is 0. The Balaban J connectivity index is 3.13. The minimum absolute atomic E-state index is 0.106. The van der Waals surface area contributed by atoms with E-state index < -0.39 is 28.0 Å². The Kier molecular flexibility index (Phi) is 7.18. The quantitative estimate of drug-likeness (QED) is 0.662. The van der Waals surface area contributed by atoms with Gasteiger partial charge in [-0.05, 0) is 25.5 Å². The second-order valence-corrected chi connectivity index (χ2v) is 6.55. The van der Waals surface area contributed by atoms with Crippen LogP contribution in [-0.2, 0) is 19.6 Å². The molecule has 128 valence electrons. The number of carbonyl (C=O) groups is 2. The second-order valence-electron chi connectivity index (χ2n) is 4.87. The molecule has 2 N–H and O–H groups in total. The monoisotopic (exact) mass is 343 g/mol. The Labute approximate surface area is 135 Å². The van der Waals surface area contributed by atoms with Crippen molar-refractivity contribution in [3.8, 4) is 0 Å². The molecule has 8 heteroatoms. The fourth-order valence-corrected chi connectivity index (χ4v) is 3.39. The fraction of sp³-hybridized carbons (Fsp3) is 0.467. The summed E-state index contributed by atoms with van der Waals surface area (Å²) in [5.41, 5.74) is -0.124. The average molecular weight is 343 g/mol. The standard InChI is InChI=1S/C15H21NO6S/c1-3-5-9-12(14(17)18)16-23(20,21)13-10-7-6-8-11(13)15(19)22-4-2/h6-8,10,12,16H,3-5,9H2,1-2H3,(H,17,18)/t12-/m0/s1. The van der Waals surface area contributed by atoms with Gasteiger partial charge in [-0.1, -0.05) is 31.9 Å². The predicted octanol–water partition coefficient (Wildman–Crippen LogP) is 1.78. The van der Waals surface area contributed by atoms with E-state index in [0.29, 0.717) is 6.42 Å². The Hall–Kier alpha value is -1.93. The van der Waals surface area contributed by atoms with E-state index in [-0.39, 0.29) is 23.5 Å². The summed E-state index contributed by atoms with van der Waals surface area (Å²) in [7, 11) is -4.16. The summed E-state index contributed by atoms with van der Waals surface area (Å²) in [4.78, 5) is 22.8. The van der Waals surface area contributed by atoms with Crippen LogP contribution in [0, 0.1) is 0 Å². The van der Waals surface area contributed by atoms with Crippen molar-refractivity contribution in [2.24, 2.45) is 0 Å². The summed E-state index contributed by atoms with van der Waals surface area (Å²) in [5.74, 6) is -2.02. The number of nitrogens with one attached hydrogen (secondary N) is 1. The minimum Gasteiger partial charge on any atom is -0.480 e. The third kappa shape index (κ3) is 5.33. The maximum Gasteiger partial charge on any atom is 0.339 e. The summed E-state index contributed by atoms with van der Waals surface area (Å²) in [6.07, 6.45) is 1.48. The van der Waals surface area contributed by atoms with E-state index in [1.54, 1.807) is 6.92 Å². The van der Waals surface area contributed by atoms with Crippen LogP contribution in [0.5, 0.6) is 0 Å². The largest absolute Gasteiger partial charge is 0.480 e. The van der Waals surface area contributed by atoms with Gasteiger partial charge in [0.2, 0.25) is 10.0 Å². The van der Waals surface area contributed by atoms with Gasteiger partial charge in [0.1, 0.15) is 6.04 Å². The average Bonchev–Trinajstić information content (AvgIpc) is 2.51. The van der Waals surface area contributed by atoms with E-state index in [9.17, 15) is 18.0 Å². The van der Waals surface area contributed by atoms with Crippen LogP contribution in [-0.4, -0.2) is 38.1 Å². The zero-order chi connectivity index (χ0) is 17.5. The van der Waals surface area contributed by atoms with E-state index in [1.165, 1.54) is 24.3 Å². The van der Waals surface area contributed by atoms with Gasteiger partial charge in [-0.15, -0.1) is 0 Å². The molecule has 0 bridgehead atoms. The lowest BCUT2D eigenvalue weighted by atomic mass is 10.1. The molecule has 7 nitrogen and oxygen atoms in total. The van der Waals surface area contributed by atoms with Crippen molar-refractivity contribution < 1.29 is 27.9 Å². The van der Waals surface area contributed by atoms with Crippen molar-refractivity contribution in [2.45, 2.75) is 44.0 Å². The molecule has 1 aromatic rings. The molecule has 0 fully saturated rings. The van der Waals surface area contributed by atoms with Crippen LogP contribution in [0.25, 0.3) is 0 Å². The molecule has 0 aliphatic heterocycles. The summed E-state index contributed by atoms with van der Waals surface area (Å²) in [5, 5.41) is 9.15. The van der Waals surface area contributed by atoms with Gasteiger partial charge in [0.15, 0.2) is 0 Å². The zero-order valence-corrected chi connectivity index (χ0v) is 13.9. The molecule has 1 atom stereocenters. The fourth-order valence-electron chi connectivity index (χ4n) is 1.97. The number of unbranched alkanes of at least 4 members (excludes halogenated alkanes) is 1. The number of hydrogen-bond acceptors (Lipinski definition) is 5. The number of carboxylic acids is 1. The summed E-state index contributed by atoms with van der Waals surface area (Å²) in [6.45, 7) is 3.59. The molecule has 0 saturated carbocycles. The molecule has 0 saturated heterocycles. The zero-order valence-electron chi connectivity index (χ0n) is 13.1. The van der Waals surface area contributed by atoms with Gasteiger partial charge in [-0.25, -0.2) is 13.2 Å². The Morgan fingerprint density at radius 1 is 1.26 bits per heavy atom. The molecule has 0 heterocycles.